The predicted molar refractivity (Wildman–Crippen MR) is 134 cm³/mol. The monoisotopic (exact) mass is 446 g/mol. The van der Waals surface area contributed by atoms with Gasteiger partial charge in [0.25, 0.3) is 0 Å². The molecule has 16 atom stereocenters. The summed E-state index contributed by atoms with van der Waals surface area (Å²) in [6.07, 6.45) is 17.7. The van der Waals surface area contributed by atoms with Crippen molar-refractivity contribution < 1.29 is 0 Å². The van der Waals surface area contributed by atoms with Crippen molar-refractivity contribution in [3.63, 3.8) is 0 Å². The SMILES string of the molecule is CC1(C)CC2CC1C1C3CC(C4CCC43)C21.CC1(C)CC2CC1C1C3CC(C4CCCC43)C21. The van der Waals surface area contributed by atoms with Crippen molar-refractivity contribution in [3.05, 3.63) is 0 Å². The van der Waals surface area contributed by atoms with E-state index >= 15 is 0 Å². The van der Waals surface area contributed by atoms with E-state index in [-0.39, 0.29) is 0 Å². The molecule has 10 saturated carbocycles. The Labute approximate surface area is 203 Å². The van der Waals surface area contributed by atoms with Gasteiger partial charge in [0.2, 0.25) is 0 Å². The molecule has 0 nitrogen and oxygen atoms in total. The average Bonchev–Trinajstić information content (AvgIpc) is 3.52. The summed E-state index contributed by atoms with van der Waals surface area (Å²) in [6.45, 7) is 10.3. The minimum absolute atomic E-state index is 0.699. The maximum Gasteiger partial charge on any atom is -0.0316 e. The fourth-order valence-corrected chi connectivity index (χ4v) is 15.5. The van der Waals surface area contributed by atoms with Crippen molar-refractivity contribution in [2.75, 3.05) is 0 Å². The van der Waals surface area contributed by atoms with Gasteiger partial charge in [0.1, 0.15) is 0 Å². The Bertz CT molecular complexity index is 865. The molecule has 0 heterocycles. The van der Waals surface area contributed by atoms with Gasteiger partial charge in [0.05, 0.1) is 0 Å². The van der Waals surface area contributed by atoms with Crippen molar-refractivity contribution >= 4 is 0 Å². The van der Waals surface area contributed by atoms with Gasteiger partial charge < -0.3 is 0 Å². The highest BCUT2D eigenvalue weighted by Crippen LogP contribution is 2.77. The lowest BCUT2D eigenvalue weighted by Gasteiger charge is -2.52. The van der Waals surface area contributed by atoms with Crippen LogP contribution >= 0.6 is 0 Å². The van der Waals surface area contributed by atoms with Crippen molar-refractivity contribution in [1.29, 1.82) is 0 Å². The van der Waals surface area contributed by atoms with E-state index < -0.39 is 0 Å². The molecule has 0 N–H and O–H groups in total. The minimum Gasteiger partial charge on any atom is -0.0596 e. The number of rotatable bonds is 0. The summed E-state index contributed by atoms with van der Waals surface area (Å²) in [6, 6.07) is 0. The van der Waals surface area contributed by atoms with E-state index in [1.54, 1.807) is 70.6 Å². The van der Waals surface area contributed by atoms with Gasteiger partial charge in [0.15, 0.2) is 0 Å². The van der Waals surface area contributed by atoms with Crippen molar-refractivity contribution in [2.24, 2.45) is 106 Å². The second-order valence-corrected chi connectivity index (χ2v) is 17.2. The maximum atomic E-state index is 2.58. The van der Waals surface area contributed by atoms with E-state index in [1.807, 2.05) is 0 Å². The van der Waals surface area contributed by atoms with Crippen LogP contribution in [0.4, 0.5) is 0 Å². The summed E-state index contributed by atoms with van der Waals surface area (Å²) < 4.78 is 0. The van der Waals surface area contributed by atoms with Gasteiger partial charge in [-0.3, -0.25) is 0 Å². The van der Waals surface area contributed by atoms with Gasteiger partial charge >= 0.3 is 0 Å². The van der Waals surface area contributed by atoms with Crippen LogP contribution in [0.1, 0.15) is 98.3 Å². The van der Waals surface area contributed by atoms with E-state index in [9.17, 15) is 0 Å². The highest BCUT2D eigenvalue weighted by molar-refractivity contribution is 5.19. The second kappa shape index (κ2) is 6.10. The van der Waals surface area contributed by atoms with Gasteiger partial charge in [-0.25, -0.2) is 0 Å². The molecule has 0 spiro atoms. The molecule has 0 heteroatoms. The Kier molecular flexibility index (Phi) is 3.72. The predicted octanol–water partition coefficient (Wildman–Crippen LogP) is 8.31. The Balaban J connectivity index is 0.000000102. The largest absolute Gasteiger partial charge is 0.0596 e. The van der Waals surface area contributed by atoms with Crippen LogP contribution in [-0.2, 0) is 0 Å². The van der Waals surface area contributed by atoms with Crippen LogP contribution in [0.3, 0.4) is 0 Å². The zero-order valence-corrected chi connectivity index (χ0v) is 22.0. The van der Waals surface area contributed by atoms with Crippen molar-refractivity contribution in [2.45, 2.75) is 98.3 Å². The zero-order chi connectivity index (χ0) is 22.0. The normalized spacial score (nSPS) is 66.5. The average molecular weight is 447 g/mol. The van der Waals surface area contributed by atoms with E-state index in [0.717, 1.165) is 23.7 Å². The van der Waals surface area contributed by atoms with E-state index in [4.69, 9.17) is 0 Å². The van der Waals surface area contributed by atoms with Crippen LogP contribution in [0.15, 0.2) is 0 Å². The molecule has 0 aromatic rings. The summed E-state index contributed by atoms with van der Waals surface area (Å²) in [4.78, 5) is 0. The molecule has 0 aromatic heterocycles. The fraction of sp³-hybridized carbons (Fsp3) is 1.00. The molecule has 16 unspecified atom stereocenters. The molecule has 33 heavy (non-hydrogen) atoms. The smallest absolute Gasteiger partial charge is 0.0316 e. The first kappa shape index (κ1) is 20.1. The van der Waals surface area contributed by atoms with Gasteiger partial charge in [-0.05, 0) is 170 Å². The molecule has 0 radical (unpaired) electrons. The molecule has 0 aliphatic heterocycles. The van der Waals surface area contributed by atoms with E-state index in [2.05, 4.69) is 27.7 Å². The highest BCUT2D eigenvalue weighted by Gasteiger charge is 2.71. The lowest BCUT2D eigenvalue weighted by atomic mass is 9.53. The molecule has 10 rings (SSSR count). The summed E-state index contributed by atoms with van der Waals surface area (Å²) in [5, 5.41) is 0. The summed E-state index contributed by atoms with van der Waals surface area (Å²) >= 11 is 0. The number of fused-ring (bicyclic) bond motifs is 24. The summed E-state index contributed by atoms with van der Waals surface area (Å²) in [5.41, 5.74) is 1.40. The topological polar surface area (TPSA) is 0 Å². The molecule has 8 bridgehead atoms. The third-order valence-corrected chi connectivity index (χ3v) is 15.9. The second-order valence-electron chi connectivity index (χ2n) is 17.2. The highest BCUT2D eigenvalue weighted by atomic mass is 14.8. The number of hydrogen-bond acceptors (Lipinski definition) is 0. The van der Waals surface area contributed by atoms with Crippen LogP contribution in [-0.4, -0.2) is 0 Å². The summed E-state index contributed by atoms with van der Waals surface area (Å²) in [7, 11) is 0. The first-order valence-corrected chi connectivity index (χ1v) is 15.8. The first-order valence-electron chi connectivity index (χ1n) is 15.8. The molecular formula is C33H50. The molecule has 10 aliphatic rings. The van der Waals surface area contributed by atoms with Gasteiger partial charge in [-0.15, -0.1) is 0 Å². The third kappa shape index (κ3) is 2.26. The van der Waals surface area contributed by atoms with Crippen molar-refractivity contribution in [1.82, 2.24) is 0 Å². The van der Waals surface area contributed by atoms with Gasteiger partial charge in [-0.2, -0.15) is 0 Å². The van der Waals surface area contributed by atoms with Gasteiger partial charge in [0, 0.05) is 0 Å². The fourth-order valence-electron chi connectivity index (χ4n) is 15.5. The minimum atomic E-state index is 0.699. The molecule has 0 saturated heterocycles. The molecule has 0 aromatic carbocycles. The Morgan fingerprint density at radius 2 is 0.818 bits per heavy atom. The lowest BCUT2D eigenvalue weighted by molar-refractivity contribution is -0.0342. The lowest BCUT2D eigenvalue weighted by Crippen LogP contribution is -2.46. The van der Waals surface area contributed by atoms with E-state index in [0.29, 0.717) is 10.8 Å². The van der Waals surface area contributed by atoms with Crippen LogP contribution in [0, 0.1) is 106 Å². The number of hydrogen-bond donors (Lipinski definition) is 0. The van der Waals surface area contributed by atoms with Gasteiger partial charge in [-0.1, -0.05) is 34.1 Å². The Hall–Kier alpha value is 0. The molecule has 182 valence electrons. The van der Waals surface area contributed by atoms with Crippen LogP contribution < -0.4 is 0 Å². The first-order chi connectivity index (χ1) is 15.8. The molecule has 10 aliphatic carbocycles. The molecule has 0 amide bonds. The quantitative estimate of drug-likeness (QED) is 0.328. The molecule has 10 fully saturated rings. The maximum absolute atomic E-state index is 2.58. The third-order valence-electron chi connectivity index (χ3n) is 15.9. The summed E-state index contributed by atoms with van der Waals surface area (Å²) in [5.74, 6) is 19.0. The van der Waals surface area contributed by atoms with E-state index in [1.165, 1.54) is 71.0 Å². The Morgan fingerprint density at radius 3 is 1.24 bits per heavy atom. The standard InChI is InChI=1S/C17H26.C16H24/c1-17(2)8-9-6-14(17)16-13-7-12(15(9)16)10-4-3-5-11(10)13;1-16(2)7-8-5-13(16)15-12-6-11(14(8)15)9-3-4-10(9)12/h9-16H,3-8H2,1-2H3;8-15H,3-7H2,1-2H3. The van der Waals surface area contributed by atoms with Crippen LogP contribution in [0.2, 0.25) is 0 Å². The van der Waals surface area contributed by atoms with Crippen molar-refractivity contribution in [3.8, 4) is 0 Å². The Morgan fingerprint density at radius 1 is 0.424 bits per heavy atom. The zero-order valence-electron chi connectivity index (χ0n) is 22.0. The van der Waals surface area contributed by atoms with Crippen LogP contribution in [0.5, 0.6) is 0 Å². The molecular weight excluding hydrogens is 396 g/mol. The van der Waals surface area contributed by atoms with Crippen LogP contribution in [0.25, 0.3) is 0 Å².